The molecule has 4 aliphatic rings. The van der Waals surface area contributed by atoms with Crippen molar-refractivity contribution in [2.24, 2.45) is 0 Å². The van der Waals surface area contributed by atoms with E-state index in [1.807, 2.05) is 0 Å². The highest BCUT2D eigenvalue weighted by Gasteiger charge is 2.57. The van der Waals surface area contributed by atoms with Crippen molar-refractivity contribution in [1.29, 1.82) is 0 Å². The monoisotopic (exact) mass is 912 g/mol. The molecule has 1 saturated carbocycles. The zero-order valence-corrected chi connectivity index (χ0v) is 42.7. The first-order valence-electron chi connectivity index (χ1n) is 25.9. The molecule has 348 valence electrons. The SMILES string of the molecule is Cc1cc2c3c(c1)N(c1ccc(C(C)(C)C)cc1-c1ccccc1)c1ccc(-c4ccccc4)cc1B3c1ccc(N3c4ccccc4C4(C)CCCCCC34C)cc1N2c1ccc(C(C)(C)C)cc1. The Morgan fingerprint density at radius 2 is 1.06 bits per heavy atom. The van der Waals surface area contributed by atoms with Crippen LogP contribution in [0.1, 0.15) is 110 Å². The van der Waals surface area contributed by atoms with Gasteiger partial charge in [-0.25, -0.2) is 0 Å². The van der Waals surface area contributed by atoms with E-state index in [9.17, 15) is 0 Å². The predicted octanol–water partition coefficient (Wildman–Crippen LogP) is 16.1. The van der Waals surface area contributed by atoms with Gasteiger partial charge in [-0.2, -0.15) is 0 Å². The predicted molar refractivity (Wildman–Crippen MR) is 301 cm³/mol. The van der Waals surface area contributed by atoms with E-state index in [0.717, 1.165) is 6.42 Å². The van der Waals surface area contributed by atoms with Gasteiger partial charge >= 0.3 is 0 Å². The normalized spacial score (nSPS) is 19.2. The van der Waals surface area contributed by atoms with Crippen LogP contribution < -0.4 is 31.1 Å². The fraction of sp³-hybridized carbons (Fsp3) is 0.273. The van der Waals surface area contributed by atoms with Crippen LogP contribution in [0.25, 0.3) is 22.3 Å². The Balaban J connectivity index is 1.15. The van der Waals surface area contributed by atoms with Gasteiger partial charge in [0.15, 0.2) is 0 Å². The summed E-state index contributed by atoms with van der Waals surface area (Å²) in [6.07, 6.45) is 6.17. The summed E-state index contributed by atoms with van der Waals surface area (Å²) < 4.78 is 0. The fourth-order valence-electron chi connectivity index (χ4n) is 13.0. The minimum absolute atomic E-state index is 0.0188. The van der Waals surface area contributed by atoms with Gasteiger partial charge in [-0.1, -0.05) is 183 Å². The Hall–Kier alpha value is -6.78. The second-order valence-electron chi connectivity index (χ2n) is 23.4. The molecule has 0 saturated heterocycles. The van der Waals surface area contributed by atoms with E-state index in [2.05, 4.69) is 253 Å². The highest BCUT2D eigenvalue weighted by atomic mass is 15.3. The lowest BCUT2D eigenvalue weighted by atomic mass is 9.33. The molecule has 4 heteroatoms. The van der Waals surface area contributed by atoms with Crippen molar-refractivity contribution in [2.75, 3.05) is 14.7 Å². The molecule has 2 unspecified atom stereocenters. The van der Waals surface area contributed by atoms with Crippen LogP contribution in [0.2, 0.25) is 0 Å². The van der Waals surface area contributed by atoms with E-state index < -0.39 is 0 Å². The molecule has 3 heterocycles. The maximum atomic E-state index is 2.77. The lowest BCUT2D eigenvalue weighted by Crippen LogP contribution is -2.61. The van der Waals surface area contributed by atoms with Crippen molar-refractivity contribution in [3.05, 3.63) is 198 Å². The van der Waals surface area contributed by atoms with Crippen molar-refractivity contribution in [1.82, 2.24) is 0 Å². The molecule has 1 fully saturated rings. The number of para-hydroxylation sites is 1. The van der Waals surface area contributed by atoms with Crippen LogP contribution in [-0.2, 0) is 16.2 Å². The van der Waals surface area contributed by atoms with Gasteiger partial charge in [-0.3, -0.25) is 0 Å². The van der Waals surface area contributed by atoms with E-state index in [1.165, 1.54) is 132 Å². The summed E-state index contributed by atoms with van der Waals surface area (Å²) in [5, 5.41) is 0. The summed E-state index contributed by atoms with van der Waals surface area (Å²) >= 11 is 0. The van der Waals surface area contributed by atoms with Crippen LogP contribution in [0.3, 0.4) is 0 Å². The molecule has 0 bridgehead atoms. The highest BCUT2D eigenvalue weighted by molar-refractivity contribution is 7.00. The lowest BCUT2D eigenvalue weighted by Gasteiger charge is -2.48. The molecule has 70 heavy (non-hydrogen) atoms. The number of hydrogen-bond acceptors (Lipinski definition) is 3. The Kier molecular flexibility index (Phi) is 10.2. The number of aryl methyl sites for hydroxylation is 1. The number of anilines is 8. The number of benzene rings is 8. The summed E-state index contributed by atoms with van der Waals surface area (Å²) in [6.45, 7) is 21.3. The van der Waals surface area contributed by atoms with Gasteiger partial charge in [-0.15, -0.1) is 0 Å². The van der Waals surface area contributed by atoms with E-state index in [-0.39, 0.29) is 28.5 Å². The van der Waals surface area contributed by atoms with E-state index in [0.29, 0.717) is 0 Å². The van der Waals surface area contributed by atoms with Gasteiger partial charge in [-0.05, 0) is 154 Å². The van der Waals surface area contributed by atoms with E-state index in [1.54, 1.807) is 0 Å². The molecule has 0 amide bonds. The van der Waals surface area contributed by atoms with Crippen LogP contribution in [0.15, 0.2) is 176 Å². The third kappa shape index (κ3) is 6.84. The van der Waals surface area contributed by atoms with Crippen molar-refractivity contribution >= 4 is 68.6 Å². The van der Waals surface area contributed by atoms with Crippen LogP contribution in [0, 0.1) is 6.92 Å². The molecular weight excluding hydrogens is 846 g/mol. The third-order valence-corrected chi connectivity index (χ3v) is 17.0. The fourth-order valence-corrected chi connectivity index (χ4v) is 13.0. The molecule has 8 aromatic carbocycles. The van der Waals surface area contributed by atoms with E-state index >= 15 is 0 Å². The smallest absolute Gasteiger partial charge is 0.252 e. The van der Waals surface area contributed by atoms with Gasteiger partial charge in [0.1, 0.15) is 0 Å². The van der Waals surface area contributed by atoms with Crippen LogP contribution in [0.5, 0.6) is 0 Å². The lowest BCUT2D eigenvalue weighted by molar-refractivity contribution is 0.261. The first-order valence-corrected chi connectivity index (χ1v) is 25.9. The average molecular weight is 912 g/mol. The Morgan fingerprint density at radius 1 is 0.443 bits per heavy atom. The molecule has 1 aliphatic carbocycles. The van der Waals surface area contributed by atoms with Crippen LogP contribution in [0.4, 0.5) is 45.5 Å². The van der Waals surface area contributed by atoms with Gasteiger partial charge in [0.05, 0.1) is 11.2 Å². The van der Waals surface area contributed by atoms with Crippen molar-refractivity contribution in [2.45, 2.75) is 116 Å². The Bertz CT molecular complexity index is 3320. The minimum Gasteiger partial charge on any atom is -0.334 e. The number of fused-ring (bicyclic) bond motifs is 7. The number of hydrogen-bond donors (Lipinski definition) is 0. The summed E-state index contributed by atoms with van der Waals surface area (Å²) in [4.78, 5) is 7.99. The first kappa shape index (κ1) is 44.4. The molecule has 8 aromatic rings. The molecule has 3 aliphatic heterocycles. The standard InChI is InChI=1S/C66H66BN3/c1-44-39-60-62-61(40-44)69(56-36-30-49(64(5,6)7)42-52(56)46-23-15-11-16-24-46)58-35-27-47(45-21-13-10-14-22-45)41-55(58)67(62)54-34-33-51(43-59(54)68(60)50-31-28-48(29-32-50)63(2,3)4)70-57-26-18-17-25-53(57)65(8)37-19-12-20-38-66(65,70)9/h10-11,13-18,21-36,39-43H,12,19-20,37-38H2,1-9H3. The zero-order valence-electron chi connectivity index (χ0n) is 42.7. The summed E-state index contributed by atoms with van der Waals surface area (Å²) in [7, 11) is 0. The van der Waals surface area contributed by atoms with Crippen LogP contribution in [-0.4, -0.2) is 12.3 Å². The third-order valence-electron chi connectivity index (χ3n) is 17.0. The molecule has 12 rings (SSSR count). The summed E-state index contributed by atoms with van der Waals surface area (Å²) in [6, 6.07) is 67.8. The molecular formula is C66H66BN3. The molecule has 0 N–H and O–H groups in total. The second-order valence-corrected chi connectivity index (χ2v) is 23.4. The quantitative estimate of drug-likeness (QED) is 0.159. The number of nitrogens with zero attached hydrogens (tertiary/aromatic N) is 3. The zero-order chi connectivity index (χ0) is 48.3. The van der Waals surface area contributed by atoms with Crippen molar-refractivity contribution in [3.63, 3.8) is 0 Å². The molecule has 0 aromatic heterocycles. The second kappa shape index (κ2) is 16.1. The highest BCUT2D eigenvalue weighted by Crippen LogP contribution is 2.60. The topological polar surface area (TPSA) is 9.72 Å². The minimum atomic E-state index is -0.0710. The van der Waals surface area contributed by atoms with E-state index in [4.69, 9.17) is 0 Å². The molecule has 0 radical (unpaired) electrons. The number of rotatable bonds is 5. The van der Waals surface area contributed by atoms with Gasteiger partial charge < -0.3 is 14.7 Å². The van der Waals surface area contributed by atoms with Crippen LogP contribution >= 0.6 is 0 Å². The van der Waals surface area contributed by atoms with Crippen molar-refractivity contribution < 1.29 is 0 Å². The maximum absolute atomic E-state index is 2.77. The van der Waals surface area contributed by atoms with Gasteiger partial charge in [0.25, 0.3) is 6.71 Å². The summed E-state index contributed by atoms with van der Waals surface area (Å²) in [5.74, 6) is 0. The largest absolute Gasteiger partial charge is 0.334 e. The average Bonchev–Trinajstić information content (AvgIpc) is 3.42. The summed E-state index contributed by atoms with van der Waals surface area (Å²) in [5.41, 5.74) is 24.3. The molecule has 0 spiro atoms. The Labute approximate surface area is 417 Å². The Morgan fingerprint density at radius 3 is 1.77 bits per heavy atom. The molecule has 3 nitrogen and oxygen atoms in total. The maximum Gasteiger partial charge on any atom is 0.252 e. The van der Waals surface area contributed by atoms with Crippen molar-refractivity contribution in [3.8, 4) is 22.3 Å². The van der Waals surface area contributed by atoms with Gasteiger partial charge in [0, 0.05) is 50.8 Å². The first-order chi connectivity index (χ1) is 33.6. The van der Waals surface area contributed by atoms with Gasteiger partial charge in [0.2, 0.25) is 0 Å². The molecule has 2 atom stereocenters.